The average Bonchev–Trinajstić information content (AvgIpc) is 3.34. The van der Waals surface area contributed by atoms with Crippen molar-refractivity contribution in [1.82, 2.24) is 14.6 Å². The number of carbonyl (C=O) groups is 1. The monoisotopic (exact) mass is 402 g/mol. The molecular weight excluding hydrogens is 384 g/mol. The lowest BCUT2D eigenvalue weighted by molar-refractivity contribution is -0.113. The third-order valence-corrected chi connectivity index (χ3v) is 6.06. The van der Waals surface area contributed by atoms with Gasteiger partial charge in [0.1, 0.15) is 4.53 Å². The van der Waals surface area contributed by atoms with E-state index in [9.17, 15) is 9.59 Å². The molecule has 0 radical (unpaired) electrons. The molecule has 4 aromatic rings. The first-order valence-electron chi connectivity index (χ1n) is 9.50. The molecule has 1 aliphatic heterocycles. The molecule has 2 aromatic carbocycles. The Morgan fingerprint density at radius 3 is 2.66 bits per heavy atom. The van der Waals surface area contributed by atoms with Gasteiger partial charge >= 0.3 is 0 Å². The van der Waals surface area contributed by atoms with Gasteiger partial charge in [-0.3, -0.25) is 9.59 Å². The van der Waals surface area contributed by atoms with Gasteiger partial charge in [0.2, 0.25) is 4.96 Å². The van der Waals surface area contributed by atoms with Crippen LogP contribution in [0, 0.1) is 6.92 Å². The molecule has 144 valence electrons. The Morgan fingerprint density at radius 1 is 1.07 bits per heavy atom. The molecule has 0 atom stereocenters. The summed E-state index contributed by atoms with van der Waals surface area (Å²) >= 11 is 1.22. The van der Waals surface area contributed by atoms with Crippen molar-refractivity contribution in [3.63, 3.8) is 0 Å². The molecule has 0 bridgehead atoms. The van der Waals surface area contributed by atoms with Crippen LogP contribution in [-0.4, -0.2) is 27.0 Å². The van der Waals surface area contributed by atoms with E-state index < -0.39 is 0 Å². The van der Waals surface area contributed by atoms with Crippen molar-refractivity contribution in [2.24, 2.45) is 0 Å². The minimum atomic E-state index is -0.298. The first-order chi connectivity index (χ1) is 14.1. The number of carbonyl (C=O) groups excluding carboxylic acids is 1. The number of rotatable bonds is 3. The second kappa shape index (κ2) is 6.63. The van der Waals surface area contributed by atoms with Crippen LogP contribution < -0.4 is 15.0 Å². The molecule has 0 spiro atoms. The molecule has 5 rings (SSSR count). The highest BCUT2D eigenvalue weighted by Crippen LogP contribution is 2.35. The SMILES string of the molecule is CCCN1C(=O)/C(=c2\sc3nc(-c4cccc(C)c4)nn3c2=O)c2ccccc21. The highest BCUT2D eigenvalue weighted by Gasteiger charge is 2.33. The first kappa shape index (κ1) is 17.8. The van der Waals surface area contributed by atoms with Gasteiger partial charge in [0.15, 0.2) is 5.82 Å². The molecule has 1 amide bonds. The summed E-state index contributed by atoms with van der Waals surface area (Å²) in [7, 11) is 0. The van der Waals surface area contributed by atoms with E-state index >= 15 is 0 Å². The Morgan fingerprint density at radius 2 is 1.90 bits per heavy atom. The summed E-state index contributed by atoms with van der Waals surface area (Å²) in [6.07, 6.45) is 0.840. The van der Waals surface area contributed by atoms with E-state index in [0.29, 0.717) is 27.4 Å². The van der Waals surface area contributed by atoms with Crippen molar-refractivity contribution in [3.05, 3.63) is 74.5 Å². The van der Waals surface area contributed by atoms with Gasteiger partial charge in [-0.05, 0) is 25.5 Å². The second-order valence-corrected chi connectivity index (χ2v) is 8.06. The lowest BCUT2D eigenvalue weighted by atomic mass is 10.1. The maximum Gasteiger partial charge on any atom is 0.291 e. The molecule has 0 aliphatic carbocycles. The lowest BCUT2D eigenvalue weighted by Gasteiger charge is -2.15. The van der Waals surface area contributed by atoms with Crippen molar-refractivity contribution in [2.75, 3.05) is 11.4 Å². The molecule has 1 aliphatic rings. The topological polar surface area (TPSA) is 67.6 Å². The van der Waals surface area contributed by atoms with Gasteiger partial charge in [0, 0.05) is 17.7 Å². The molecule has 29 heavy (non-hydrogen) atoms. The van der Waals surface area contributed by atoms with Crippen LogP contribution in [0.1, 0.15) is 24.5 Å². The fourth-order valence-electron chi connectivity index (χ4n) is 3.74. The number of benzene rings is 2. The maximum absolute atomic E-state index is 13.1. The zero-order valence-corrected chi connectivity index (χ0v) is 16.9. The zero-order valence-electron chi connectivity index (χ0n) is 16.0. The minimum Gasteiger partial charge on any atom is -0.308 e. The molecule has 0 saturated carbocycles. The molecule has 2 aromatic heterocycles. The van der Waals surface area contributed by atoms with E-state index in [1.54, 1.807) is 4.90 Å². The Balaban J connectivity index is 1.72. The van der Waals surface area contributed by atoms with Crippen molar-refractivity contribution in [1.29, 1.82) is 0 Å². The molecule has 0 N–H and O–H groups in total. The number of thiazole rings is 1. The summed E-state index contributed by atoms with van der Waals surface area (Å²) in [4.78, 5) is 33.0. The number of hydrogen-bond donors (Lipinski definition) is 0. The van der Waals surface area contributed by atoms with E-state index in [1.807, 2.05) is 62.4 Å². The first-order valence-corrected chi connectivity index (χ1v) is 10.3. The summed E-state index contributed by atoms with van der Waals surface area (Å²) in [6, 6.07) is 15.5. The number of fused-ring (bicyclic) bond motifs is 2. The van der Waals surface area contributed by atoms with Crippen LogP contribution in [0.25, 0.3) is 21.9 Å². The van der Waals surface area contributed by atoms with Crippen molar-refractivity contribution >= 4 is 33.5 Å². The molecular formula is C22H18N4O2S. The van der Waals surface area contributed by atoms with Crippen LogP contribution in [0.3, 0.4) is 0 Å². The number of aryl methyl sites for hydroxylation is 1. The van der Waals surface area contributed by atoms with Crippen molar-refractivity contribution in [3.8, 4) is 11.4 Å². The van der Waals surface area contributed by atoms with Crippen LogP contribution in [0.5, 0.6) is 0 Å². The number of hydrogen-bond acceptors (Lipinski definition) is 5. The van der Waals surface area contributed by atoms with Gasteiger partial charge in [0.25, 0.3) is 11.5 Å². The van der Waals surface area contributed by atoms with Crippen LogP contribution >= 0.6 is 11.3 Å². The number of nitrogens with zero attached hydrogens (tertiary/aromatic N) is 4. The molecule has 3 heterocycles. The fraction of sp³-hybridized carbons (Fsp3) is 0.182. The van der Waals surface area contributed by atoms with Gasteiger partial charge in [-0.2, -0.15) is 9.50 Å². The predicted molar refractivity (Wildman–Crippen MR) is 114 cm³/mol. The number of para-hydroxylation sites is 1. The summed E-state index contributed by atoms with van der Waals surface area (Å²) in [5, 5.41) is 4.42. The standard InChI is InChI=1S/C22H18N4O2S/c1-3-11-25-16-10-5-4-9-15(16)17(20(25)27)18-21(28)26-22(29-18)23-19(24-26)14-8-6-7-13(2)12-14/h4-10,12H,3,11H2,1-2H3/b18-17-. The summed E-state index contributed by atoms with van der Waals surface area (Å²) in [6.45, 7) is 4.65. The van der Waals surface area contributed by atoms with Crippen LogP contribution in [0.15, 0.2) is 53.3 Å². The van der Waals surface area contributed by atoms with E-state index in [1.165, 1.54) is 15.9 Å². The van der Waals surface area contributed by atoms with Gasteiger partial charge in [-0.25, -0.2) is 0 Å². The molecule has 0 saturated heterocycles. The lowest BCUT2D eigenvalue weighted by Crippen LogP contribution is -2.32. The van der Waals surface area contributed by atoms with Crippen molar-refractivity contribution < 1.29 is 4.79 Å². The predicted octanol–water partition coefficient (Wildman–Crippen LogP) is 2.80. The normalized spacial score (nSPS) is 15.4. The number of amides is 1. The molecule has 6 nitrogen and oxygen atoms in total. The Hall–Kier alpha value is -3.32. The maximum atomic E-state index is 13.1. The van der Waals surface area contributed by atoms with Gasteiger partial charge in [-0.15, -0.1) is 5.10 Å². The highest BCUT2D eigenvalue weighted by molar-refractivity contribution is 7.15. The van der Waals surface area contributed by atoms with E-state index in [4.69, 9.17) is 0 Å². The molecule has 0 fully saturated rings. The van der Waals surface area contributed by atoms with Crippen LogP contribution in [0.4, 0.5) is 5.69 Å². The summed E-state index contributed by atoms with van der Waals surface area (Å²) in [5.74, 6) is 0.382. The fourth-order valence-corrected chi connectivity index (χ4v) is 4.73. The summed E-state index contributed by atoms with van der Waals surface area (Å²) < 4.78 is 1.70. The zero-order chi connectivity index (χ0) is 20.1. The third-order valence-electron chi connectivity index (χ3n) is 5.03. The van der Waals surface area contributed by atoms with Crippen LogP contribution in [-0.2, 0) is 4.79 Å². The Labute approximate surface area is 170 Å². The van der Waals surface area contributed by atoms with Gasteiger partial charge in [-0.1, -0.05) is 60.2 Å². The third kappa shape index (κ3) is 2.69. The summed E-state index contributed by atoms with van der Waals surface area (Å²) in [5.41, 5.74) is 3.77. The number of anilines is 1. The molecule has 7 heteroatoms. The minimum absolute atomic E-state index is 0.131. The van der Waals surface area contributed by atoms with E-state index in [-0.39, 0.29) is 11.5 Å². The Kier molecular flexibility index (Phi) is 4.06. The van der Waals surface area contributed by atoms with Crippen LogP contribution in [0.2, 0.25) is 0 Å². The van der Waals surface area contributed by atoms with E-state index in [0.717, 1.165) is 28.8 Å². The van der Waals surface area contributed by atoms with Gasteiger partial charge < -0.3 is 4.90 Å². The van der Waals surface area contributed by atoms with E-state index in [2.05, 4.69) is 10.1 Å². The number of aromatic nitrogens is 3. The van der Waals surface area contributed by atoms with Crippen molar-refractivity contribution in [2.45, 2.75) is 20.3 Å². The average molecular weight is 402 g/mol. The smallest absolute Gasteiger partial charge is 0.291 e. The quantitative estimate of drug-likeness (QED) is 0.529. The molecule has 0 unspecified atom stereocenters. The largest absolute Gasteiger partial charge is 0.308 e. The highest BCUT2D eigenvalue weighted by atomic mass is 32.1. The second-order valence-electron chi connectivity index (χ2n) is 7.08. The Bertz CT molecular complexity index is 1390. The van der Waals surface area contributed by atoms with Gasteiger partial charge in [0.05, 0.1) is 11.3 Å².